The number of hydrogen-bond acceptors (Lipinski definition) is 1. The number of hydrogen-bond donors (Lipinski definition) is 0. The van der Waals surface area contributed by atoms with Crippen LogP contribution in [0.2, 0.25) is 0 Å². The molecule has 0 aliphatic carbocycles. The van der Waals surface area contributed by atoms with Gasteiger partial charge in [0.15, 0.2) is 0 Å². The minimum Gasteiger partial charge on any atom is -0.198 e. The number of nitrogens with zero attached hydrogens (tertiary/aromatic N) is 1. The van der Waals surface area contributed by atoms with E-state index >= 15 is 0 Å². The van der Waals surface area contributed by atoms with Gasteiger partial charge in [0.1, 0.15) is 0 Å². The highest BCUT2D eigenvalue weighted by molar-refractivity contribution is 5.68. The van der Waals surface area contributed by atoms with Crippen LogP contribution in [-0.4, -0.2) is 0 Å². The van der Waals surface area contributed by atoms with Crippen molar-refractivity contribution >= 4 is 0 Å². The van der Waals surface area contributed by atoms with Gasteiger partial charge >= 0.3 is 0 Å². The summed E-state index contributed by atoms with van der Waals surface area (Å²) in [7, 11) is 0. The Labute approximate surface area is 109 Å². The second-order valence-corrected chi connectivity index (χ2v) is 4.68. The van der Waals surface area contributed by atoms with E-state index in [2.05, 4.69) is 62.4 Å². The highest BCUT2D eigenvalue weighted by atomic mass is 14.2. The van der Waals surface area contributed by atoms with Gasteiger partial charge in [-0.25, -0.2) is 0 Å². The van der Waals surface area contributed by atoms with Gasteiger partial charge in [0.2, 0.25) is 0 Å². The minimum atomic E-state index is 0.572. The van der Waals surface area contributed by atoms with E-state index in [1.54, 1.807) is 0 Å². The maximum absolute atomic E-state index is 8.74. The Hall–Kier alpha value is -2.07. The molecule has 2 aromatic rings. The van der Waals surface area contributed by atoms with Crippen LogP contribution in [0.15, 0.2) is 42.5 Å². The molecule has 18 heavy (non-hydrogen) atoms. The van der Waals surface area contributed by atoms with Crippen molar-refractivity contribution in [1.29, 1.82) is 5.26 Å². The van der Waals surface area contributed by atoms with Crippen molar-refractivity contribution in [2.75, 3.05) is 0 Å². The predicted molar refractivity (Wildman–Crippen MR) is 75.3 cm³/mol. The molecule has 0 saturated carbocycles. The zero-order chi connectivity index (χ0) is 13.0. The molecule has 0 amide bonds. The van der Waals surface area contributed by atoms with Crippen molar-refractivity contribution in [3.05, 3.63) is 59.2 Å². The molecule has 0 heterocycles. The quantitative estimate of drug-likeness (QED) is 0.772. The van der Waals surface area contributed by atoms with E-state index in [9.17, 15) is 0 Å². The van der Waals surface area contributed by atoms with Gasteiger partial charge in [0, 0.05) is 6.42 Å². The summed E-state index contributed by atoms with van der Waals surface area (Å²) >= 11 is 0. The molecular weight excluding hydrogens is 218 g/mol. The molecule has 0 fully saturated rings. The zero-order valence-electron chi connectivity index (χ0n) is 10.9. The third-order valence-corrected chi connectivity index (χ3v) is 3.13. The monoisotopic (exact) mass is 235 g/mol. The highest BCUT2D eigenvalue weighted by Gasteiger charge is 2.05. The first kappa shape index (κ1) is 12.4. The van der Waals surface area contributed by atoms with Gasteiger partial charge in [-0.1, -0.05) is 53.6 Å². The molecule has 0 aliphatic heterocycles. The van der Waals surface area contributed by atoms with Gasteiger partial charge in [0.25, 0.3) is 0 Å². The zero-order valence-corrected chi connectivity index (χ0v) is 10.9. The fraction of sp³-hybridized carbons (Fsp3) is 0.235. The SMILES string of the molecule is Cc1ccc(-c2ccc(C)cc2CCC#N)cc1. The lowest BCUT2D eigenvalue weighted by Crippen LogP contribution is -1.91. The molecule has 1 heteroatoms. The second kappa shape index (κ2) is 5.51. The largest absolute Gasteiger partial charge is 0.198 e. The Morgan fingerprint density at radius 2 is 1.61 bits per heavy atom. The van der Waals surface area contributed by atoms with Gasteiger partial charge in [-0.05, 0) is 37.0 Å². The third-order valence-electron chi connectivity index (χ3n) is 3.13. The van der Waals surface area contributed by atoms with Gasteiger partial charge in [-0.15, -0.1) is 0 Å². The molecule has 0 atom stereocenters. The Morgan fingerprint density at radius 3 is 2.28 bits per heavy atom. The second-order valence-electron chi connectivity index (χ2n) is 4.68. The average molecular weight is 235 g/mol. The van der Waals surface area contributed by atoms with Crippen LogP contribution in [0.3, 0.4) is 0 Å². The summed E-state index contributed by atoms with van der Waals surface area (Å²) in [6.07, 6.45) is 1.39. The van der Waals surface area contributed by atoms with Crippen molar-refractivity contribution in [1.82, 2.24) is 0 Å². The Morgan fingerprint density at radius 1 is 0.944 bits per heavy atom. The minimum absolute atomic E-state index is 0.572. The van der Waals surface area contributed by atoms with Crippen molar-refractivity contribution in [3.63, 3.8) is 0 Å². The fourth-order valence-electron chi connectivity index (χ4n) is 2.13. The maximum atomic E-state index is 8.74. The molecule has 2 rings (SSSR count). The number of rotatable bonds is 3. The smallest absolute Gasteiger partial charge is 0.0625 e. The van der Waals surface area contributed by atoms with E-state index in [-0.39, 0.29) is 0 Å². The molecular formula is C17H17N. The molecule has 0 unspecified atom stereocenters. The van der Waals surface area contributed by atoms with E-state index in [4.69, 9.17) is 5.26 Å². The van der Waals surface area contributed by atoms with Crippen LogP contribution >= 0.6 is 0 Å². The van der Waals surface area contributed by atoms with Gasteiger partial charge < -0.3 is 0 Å². The first-order chi connectivity index (χ1) is 8.70. The van der Waals surface area contributed by atoms with E-state index < -0.39 is 0 Å². The summed E-state index contributed by atoms with van der Waals surface area (Å²) in [6, 6.07) is 17.3. The normalized spacial score (nSPS) is 10.1. The lowest BCUT2D eigenvalue weighted by atomic mass is 9.94. The van der Waals surface area contributed by atoms with E-state index in [0.717, 1.165) is 6.42 Å². The van der Waals surface area contributed by atoms with E-state index in [0.29, 0.717) is 6.42 Å². The van der Waals surface area contributed by atoms with E-state index in [1.165, 1.54) is 27.8 Å². The molecule has 0 N–H and O–H groups in total. The van der Waals surface area contributed by atoms with Crippen molar-refractivity contribution in [2.45, 2.75) is 26.7 Å². The molecule has 0 radical (unpaired) electrons. The van der Waals surface area contributed by atoms with Crippen LogP contribution in [0.4, 0.5) is 0 Å². The first-order valence-electron chi connectivity index (χ1n) is 6.24. The van der Waals surface area contributed by atoms with E-state index in [1.807, 2.05) is 0 Å². The average Bonchev–Trinajstić information content (AvgIpc) is 2.38. The van der Waals surface area contributed by atoms with Gasteiger partial charge in [-0.3, -0.25) is 0 Å². The summed E-state index contributed by atoms with van der Waals surface area (Å²) < 4.78 is 0. The van der Waals surface area contributed by atoms with Crippen LogP contribution < -0.4 is 0 Å². The third kappa shape index (κ3) is 2.78. The van der Waals surface area contributed by atoms with Crippen LogP contribution in [0.1, 0.15) is 23.1 Å². The van der Waals surface area contributed by atoms with Gasteiger partial charge in [0.05, 0.1) is 6.07 Å². The Kier molecular flexibility index (Phi) is 3.79. The van der Waals surface area contributed by atoms with Crippen LogP contribution in [-0.2, 0) is 6.42 Å². The van der Waals surface area contributed by atoms with Crippen molar-refractivity contribution < 1.29 is 0 Å². The summed E-state index contributed by atoms with van der Waals surface area (Å²) in [5, 5.41) is 8.74. The Balaban J connectivity index is 2.43. The van der Waals surface area contributed by atoms with Crippen molar-refractivity contribution in [3.8, 4) is 17.2 Å². The summed E-state index contributed by atoms with van der Waals surface area (Å²) in [6.45, 7) is 4.18. The lowest BCUT2D eigenvalue weighted by Gasteiger charge is -2.10. The molecule has 90 valence electrons. The maximum Gasteiger partial charge on any atom is 0.0625 e. The molecule has 0 aliphatic rings. The molecule has 0 bridgehead atoms. The predicted octanol–water partition coefficient (Wildman–Crippen LogP) is 4.43. The topological polar surface area (TPSA) is 23.8 Å². The molecule has 0 spiro atoms. The summed E-state index contributed by atoms with van der Waals surface area (Å²) in [4.78, 5) is 0. The molecule has 2 aromatic carbocycles. The standard InChI is InChI=1S/C17H17N/c1-13-5-8-15(9-6-13)17-10-7-14(2)12-16(17)4-3-11-18/h5-10,12H,3-4H2,1-2H3. The lowest BCUT2D eigenvalue weighted by molar-refractivity contribution is 1.01. The van der Waals surface area contributed by atoms with Crippen LogP contribution in [0.5, 0.6) is 0 Å². The molecule has 1 nitrogen and oxygen atoms in total. The Bertz CT molecular complexity index is 574. The number of nitriles is 1. The summed E-state index contributed by atoms with van der Waals surface area (Å²) in [5.41, 5.74) is 6.26. The van der Waals surface area contributed by atoms with Crippen molar-refractivity contribution in [2.24, 2.45) is 0 Å². The van der Waals surface area contributed by atoms with Crippen LogP contribution in [0, 0.1) is 25.2 Å². The molecule has 0 aromatic heterocycles. The number of benzene rings is 2. The fourth-order valence-corrected chi connectivity index (χ4v) is 2.13. The van der Waals surface area contributed by atoms with Gasteiger partial charge in [-0.2, -0.15) is 5.26 Å². The highest BCUT2D eigenvalue weighted by Crippen LogP contribution is 2.26. The first-order valence-corrected chi connectivity index (χ1v) is 6.24. The molecule has 0 saturated heterocycles. The summed E-state index contributed by atoms with van der Waals surface area (Å²) in [5.74, 6) is 0. The van der Waals surface area contributed by atoms with Crippen LogP contribution in [0.25, 0.3) is 11.1 Å². The number of aryl methyl sites for hydroxylation is 3.